The van der Waals surface area contributed by atoms with Crippen LogP contribution in [0.5, 0.6) is 0 Å². The normalized spacial score (nSPS) is 18.5. The van der Waals surface area contributed by atoms with Crippen LogP contribution in [0.25, 0.3) is 0 Å². The van der Waals surface area contributed by atoms with Crippen molar-refractivity contribution in [2.75, 3.05) is 6.61 Å². The van der Waals surface area contributed by atoms with Crippen molar-refractivity contribution >= 4 is 6.09 Å². The largest absolute Gasteiger partial charge is 0.462 e. The van der Waals surface area contributed by atoms with Gasteiger partial charge in [0.25, 0.3) is 0 Å². The van der Waals surface area contributed by atoms with Gasteiger partial charge >= 0.3 is 6.09 Å². The maximum atomic E-state index is 12.1. The summed E-state index contributed by atoms with van der Waals surface area (Å²) >= 11 is 0. The molecule has 0 saturated carbocycles. The molecule has 0 radical (unpaired) electrons. The summed E-state index contributed by atoms with van der Waals surface area (Å²) in [6.45, 7) is 5.40. The zero-order chi connectivity index (χ0) is 15.5. The second kappa shape index (κ2) is 6.18. The molecular formula is C16H21NO4. The lowest BCUT2D eigenvalue weighted by molar-refractivity contribution is 0.0383. The Kier molecular flexibility index (Phi) is 4.53. The zero-order valence-corrected chi connectivity index (χ0v) is 12.6. The SMILES string of the molecule is CC(C)(C)OC(=O)N1C=COC(C2=C(CO)C=CCC2)=C1. The molecule has 1 N–H and O–H groups in total. The van der Waals surface area contributed by atoms with Crippen molar-refractivity contribution in [1.82, 2.24) is 4.90 Å². The molecule has 1 amide bonds. The summed E-state index contributed by atoms with van der Waals surface area (Å²) in [5.41, 5.74) is 1.17. The summed E-state index contributed by atoms with van der Waals surface area (Å²) < 4.78 is 10.8. The first-order valence-corrected chi connectivity index (χ1v) is 6.97. The Labute approximate surface area is 124 Å². The van der Waals surface area contributed by atoms with E-state index in [-0.39, 0.29) is 6.61 Å². The summed E-state index contributed by atoms with van der Waals surface area (Å²) in [4.78, 5) is 13.4. The Bertz CT molecular complexity index is 535. The molecule has 0 unspecified atom stereocenters. The third-order valence-electron chi connectivity index (χ3n) is 3.01. The molecule has 5 heteroatoms. The van der Waals surface area contributed by atoms with Gasteiger partial charge in [0.1, 0.15) is 17.6 Å². The quantitative estimate of drug-likeness (QED) is 0.848. The number of hydrogen-bond donors (Lipinski definition) is 1. The Morgan fingerprint density at radius 3 is 2.90 bits per heavy atom. The minimum Gasteiger partial charge on any atom is -0.462 e. The molecule has 0 aromatic carbocycles. The maximum Gasteiger partial charge on any atom is 0.418 e. The topological polar surface area (TPSA) is 59.0 Å². The molecule has 0 spiro atoms. The van der Waals surface area contributed by atoms with Gasteiger partial charge in [-0.25, -0.2) is 4.79 Å². The van der Waals surface area contributed by atoms with E-state index in [0.717, 1.165) is 24.0 Å². The van der Waals surface area contributed by atoms with Crippen molar-refractivity contribution in [3.63, 3.8) is 0 Å². The van der Waals surface area contributed by atoms with Crippen LogP contribution < -0.4 is 0 Å². The van der Waals surface area contributed by atoms with Crippen molar-refractivity contribution in [2.45, 2.75) is 39.2 Å². The van der Waals surface area contributed by atoms with E-state index in [2.05, 4.69) is 0 Å². The molecule has 0 saturated heterocycles. The van der Waals surface area contributed by atoms with E-state index < -0.39 is 11.7 Å². The Morgan fingerprint density at radius 2 is 2.24 bits per heavy atom. The molecule has 1 aliphatic heterocycles. The molecule has 0 bridgehead atoms. The lowest BCUT2D eigenvalue weighted by Crippen LogP contribution is -2.32. The molecule has 2 aliphatic rings. The molecule has 114 valence electrons. The van der Waals surface area contributed by atoms with Crippen LogP contribution in [0, 0.1) is 0 Å². The van der Waals surface area contributed by atoms with Gasteiger partial charge in [-0.1, -0.05) is 12.2 Å². The highest BCUT2D eigenvalue weighted by Gasteiger charge is 2.23. The number of allylic oxidation sites excluding steroid dienone is 2. The van der Waals surface area contributed by atoms with E-state index in [9.17, 15) is 9.90 Å². The smallest absolute Gasteiger partial charge is 0.418 e. The number of carbonyl (C=O) groups is 1. The number of carbonyl (C=O) groups excluding carboxylic acids is 1. The predicted molar refractivity (Wildman–Crippen MR) is 78.9 cm³/mol. The zero-order valence-electron chi connectivity index (χ0n) is 12.6. The molecular weight excluding hydrogens is 270 g/mol. The van der Waals surface area contributed by atoms with Crippen LogP contribution >= 0.6 is 0 Å². The number of hydrogen-bond acceptors (Lipinski definition) is 4. The van der Waals surface area contributed by atoms with E-state index in [4.69, 9.17) is 9.47 Å². The second-order valence-electron chi connectivity index (χ2n) is 5.89. The molecule has 0 aromatic heterocycles. The van der Waals surface area contributed by atoms with Crippen LogP contribution in [0.3, 0.4) is 0 Å². The summed E-state index contributed by atoms with van der Waals surface area (Å²) in [7, 11) is 0. The summed E-state index contributed by atoms with van der Waals surface area (Å²) in [6.07, 6.45) is 9.65. The first-order chi connectivity index (χ1) is 9.90. The highest BCUT2D eigenvalue weighted by Crippen LogP contribution is 2.28. The highest BCUT2D eigenvalue weighted by molar-refractivity contribution is 5.71. The van der Waals surface area contributed by atoms with E-state index >= 15 is 0 Å². The number of amides is 1. The van der Waals surface area contributed by atoms with Gasteiger partial charge in [0.2, 0.25) is 0 Å². The van der Waals surface area contributed by atoms with Gasteiger partial charge in [0.15, 0.2) is 0 Å². The van der Waals surface area contributed by atoms with Gasteiger partial charge in [-0.3, -0.25) is 4.90 Å². The predicted octanol–water partition coefficient (Wildman–Crippen LogP) is 3.21. The lowest BCUT2D eigenvalue weighted by Gasteiger charge is -2.26. The number of ether oxygens (including phenoxy) is 2. The fourth-order valence-electron chi connectivity index (χ4n) is 2.09. The van der Waals surface area contributed by atoms with Gasteiger partial charge in [-0.05, 0) is 39.2 Å². The van der Waals surface area contributed by atoms with Crippen molar-refractivity contribution in [3.8, 4) is 0 Å². The fourth-order valence-corrected chi connectivity index (χ4v) is 2.09. The Balaban J connectivity index is 2.20. The van der Waals surface area contributed by atoms with Gasteiger partial charge in [0, 0.05) is 5.57 Å². The highest BCUT2D eigenvalue weighted by atomic mass is 16.6. The van der Waals surface area contributed by atoms with E-state index in [1.54, 1.807) is 6.20 Å². The first kappa shape index (κ1) is 15.4. The lowest BCUT2D eigenvalue weighted by atomic mass is 9.96. The Hall–Kier alpha value is -2.01. The standard InChI is InChI=1S/C16H21NO4/c1-16(2,3)21-15(19)17-8-9-20-14(10-17)13-7-5-4-6-12(13)11-18/h4,6,8-10,18H,5,7,11H2,1-3H3. The molecule has 0 fully saturated rings. The van der Waals surface area contributed by atoms with Crippen LogP contribution in [-0.4, -0.2) is 28.3 Å². The van der Waals surface area contributed by atoms with Crippen molar-refractivity contribution < 1.29 is 19.4 Å². The molecule has 5 nitrogen and oxygen atoms in total. The molecule has 21 heavy (non-hydrogen) atoms. The molecule has 0 atom stereocenters. The maximum absolute atomic E-state index is 12.1. The average molecular weight is 291 g/mol. The minimum atomic E-state index is -0.555. The van der Waals surface area contributed by atoms with Crippen molar-refractivity contribution in [3.05, 3.63) is 47.7 Å². The van der Waals surface area contributed by atoms with Gasteiger partial charge in [0.05, 0.1) is 19.0 Å². The molecule has 1 aliphatic carbocycles. The van der Waals surface area contributed by atoms with Crippen LogP contribution in [0.2, 0.25) is 0 Å². The third-order valence-corrected chi connectivity index (χ3v) is 3.01. The third kappa shape index (κ3) is 3.98. The Morgan fingerprint density at radius 1 is 1.48 bits per heavy atom. The number of aliphatic hydroxyl groups is 1. The number of nitrogens with zero attached hydrogens (tertiary/aromatic N) is 1. The van der Waals surface area contributed by atoms with Gasteiger partial charge in [-0.2, -0.15) is 0 Å². The molecule has 1 heterocycles. The molecule has 0 aromatic rings. The second-order valence-corrected chi connectivity index (χ2v) is 5.89. The number of rotatable bonds is 2. The summed E-state index contributed by atoms with van der Waals surface area (Å²) in [5, 5.41) is 9.40. The van der Waals surface area contributed by atoms with Crippen LogP contribution in [0.1, 0.15) is 33.6 Å². The van der Waals surface area contributed by atoms with Crippen LogP contribution in [-0.2, 0) is 9.47 Å². The van der Waals surface area contributed by atoms with E-state index in [0.29, 0.717) is 5.76 Å². The van der Waals surface area contributed by atoms with Gasteiger partial charge in [-0.15, -0.1) is 0 Å². The first-order valence-electron chi connectivity index (χ1n) is 6.97. The minimum absolute atomic E-state index is 0.0529. The van der Waals surface area contributed by atoms with Gasteiger partial charge < -0.3 is 14.6 Å². The summed E-state index contributed by atoms with van der Waals surface area (Å²) in [5.74, 6) is 0.566. The van der Waals surface area contributed by atoms with Crippen LogP contribution in [0.4, 0.5) is 4.79 Å². The summed E-state index contributed by atoms with van der Waals surface area (Å²) in [6, 6.07) is 0. The monoisotopic (exact) mass is 291 g/mol. The van der Waals surface area contributed by atoms with Crippen molar-refractivity contribution in [2.24, 2.45) is 0 Å². The van der Waals surface area contributed by atoms with Crippen LogP contribution in [0.15, 0.2) is 47.7 Å². The van der Waals surface area contributed by atoms with Crippen molar-refractivity contribution in [1.29, 1.82) is 0 Å². The average Bonchev–Trinajstić information content (AvgIpc) is 2.45. The van der Waals surface area contributed by atoms with E-state index in [1.807, 2.05) is 32.9 Å². The molecule has 2 rings (SSSR count). The fraction of sp³-hybridized carbons (Fsp3) is 0.438. The van der Waals surface area contributed by atoms with E-state index in [1.165, 1.54) is 17.4 Å². The number of aliphatic hydroxyl groups excluding tert-OH is 1.